The molecule has 196 valence electrons. The Morgan fingerprint density at radius 2 is 1.68 bits per heavy atom. The van der Waals surface area contributed by atoms with Gasteiger partial charge >= 0.3 is 5.69 Å². The van der Waals surface area contributed by atoms with Gasteiger partial charge in [-0.25, -0.2) is 9.36 Å². The number of nitrogens with one attached hydrogen (secondary N) is 2. The lowest BCUT2D eigenvalue weighted by Gasteiger charge is -2.56. The minimum atomic E-state index is -0.729. The molecule has 4 bridgehead atoms. The highest BCUT2D eigenvalue weighted by atomic mass is 16.3. The van der Waals surface area contributed by atoms with Crippen LogP contribution >= 0.6 is 0 Å². The zero-order chi connectivity index (χ0) is 26.4. The number of aromatic hydroxyl groups is 1. The van der Waals surface area contributed by atoms with Crippen LogP contribution in [0.4, 0.5) is 5.69 Å². The van der Waals surface area contributed by atoms with E-state index in [4.69, 9.17) is 0 Å². The summed E-state index contributed by atoms with van der Waals surface area (Å²) in [4.78, 5) is 44.8. The third-order valence-electron chi connectivity index (χ3n) is 8.62. The number of para-hydroxylation sites is 1. The molecule has 8 nitrogen and oxygen atoms in total. The highest BCUT2D eigenvalue weighted by Gasteiger charge is 2.51. The maximum absolute atomic E-state index is 13.1. The van der Waals surface area contributed by atoms with Crippen molar-refractivity contribution in [2.75, 3.05) is 0 Å². The van der Waals surface area contributed by atoms with E-state index in [1.807, 2.05) is 19.1 Å². The molecule has 3 N–H and O–H groups in total. The summed E-state index contributed by atoms with van der Waals surface area (Å²) in [6, 6.07) is 14.1. The minimum Gasteiger partial charge on any atom is -0.493 e. The number of hydrogen-bond acceptors (Lipinski definition) is 5. The maximum atomic E-state index is 13.1. The van der Waals surface area contributed by atoms with E-state index in [0.717, 1.165) is 47.1 Å². The summed E-state index contributed by atoms with van der Waals surface area (Å²) in [5, 5.41) is 14.2. The van der Waals surface area contributed by atoms with Crippen LogP contribution in [-0.4, -0.2) is 32.3 Å². The van der Waals surface area contributed by atoms with Crippen LogP contribution in [0.3, 0.4) is 0 Å². The van der Waals surface area contributed by atoms with E-state index in [1.165, 1.54) is 25.5 Å². The van der Waals surface area contributed by atoms with E-state index in [-0.39, 0.29) is 17.0 Å². The number of amides is 1. The van der Waals surface area contributed by atoms with Gasteiger partial charge in [0.1, 0.15) is 5.56 Å². The third-order valence-corrected chi connectivity index (χ3v) is 8.62. The summed E-state index contributed by atoms with van der Waals surface area (Å²) < 4.78 is 1.08. The molecule has 1 heterocycles. The first-order chi connectivity index (χ1) is 18.3. The van der Waals surface area contributed by atoms with E-state index in [2.05, 4.69) is 15.3 Å². The number of carbonyl (C=O) groups is 1. The average Bonchev–Trinajstić information content (AvgIpc) is 2.88. The number of aromatic amines is 1. The van der Waals surface area contributed by atoms with Gasteiger partial charge < -0.3 is 10.4 Å². The molecule has 4 aliphatic rings. The standard InChI is InChI=1S/C30H32N4O4/c1-2-21-5-3-4-6-25(21)34-28(37)24(27(36)32-29(34)38)17-31-23-9-7-22(8-10-23)26(35)33-30-14-18-11-19(15-30)13-20(12-18)16-30/h3-10,17-20,37H,2,11-16H2,1H3,(H,33,35)(H,32,36,38). The average molecular weight is 513 g/mol. The topological polar surface area (TPSA) is 117 Å². The van der Waals surface area contributed by atoms with Crippen LogP contribution in [0, 0.1) is 17.8 Å². The number of carbonyl (C=O) groups excluding carboxylic acids is 1. The summed E-state index contributed by atoms with van der Waals surface area (Å²) in [7, 11) is 0. The second-order valence-corrected chi connectivity index (χ2v) is 11.3. The number of aliphatic imine (C=N–C) groups is 1. The second kappa shape index (κ2) is 9.42. The molecule has 0 saturated heterocycles. The Hall–Kier alpha value is -3.94. The van der Waals surface area contributed by atoms with Crippen molar-refractivity contribution in [2.45, 2.75) is 57.4 Å². The fraction of sp³-hybridized carbons (Fsp3) is 0.400. The van der Waals surface area contributed by atoms with E-state index in [1.54, 1.807) is 36.4 Å². The predicted molar refractivity (Wildman–Crippen MR) is 146 cm³/mol. The van der Waals surface area contributed by atoms with Crippen molar-refractivity contribution in [3.05, 3.63) is 86.1 Å². The van der Waals surface area contributed by atoms with Crippen molar-refractivity contribution < 1.29 is 9.90 Å². The van der Waals surface area contributed by atoms with Crippen LogP contribution in [0.5, 0.6) is 5.88 Å². The van der Waals surface area contributed by atoms with Gasteiger partial charge in [-0.2, -0.15) is 0 Å². The molecule has 0 atom stereocenters. The normalized spacial score (nSPS) is 25.7. The molecule has 0 spiro atoms. The first-order valence-corrected chi connectivity index (χ1v) is 13.5. The Balaban J connectivity index is 1.22. The number of benzene rings is 2. The molecule has 0 radical (unpaired) electrons. The molecule has 7 rings (SSSR count). The SMILES string of the molecule is CCc1ccccc1-n1c(O)c(C=Nc2ccc(C(=O)NC34CC5CC(CC(C5)C3)C4)cc2)c(=O)[nH]c1=O. The van der Waals surface area contributed by atoms with Gasteiger partial charge in [0.2, 0.25) is 5.88 Å². The number of aryl methyl sites for hydroxylation is 1. The molecule has 2 aromatic carbocycles. The largest absolute Gasteiger partial charge is 0.493 e. The van der Waals surface area contributed by atoms with Gasteiger partial charge in [0.25, 0.3) is 11.5 Å². The molecule has 4 saturated carbocycles. The van der Waals surface area contributed by atoms with E-state index in [0.29, 0.717) is 23.4 Å². The van der Waals surface area contributed by atoms with Gasteiger partial charge in [-0.05, 0) is 98.6 Å². The lowest BCUT2D eigenvalue weighted by atomic mass is 9.53. The van der Waals surface area contributed by atoms with E-state index < -0.39 is 17.1 Å². The quantitative estimate of drug-likeness (QED) is 0.428. The van der Waals surface area contributed by atoms with E-state index in [9.17, 15) is 19.5 Å². The summed E-state index contributed by atoms with van der Waals surface area (Å²) in [6.45, 7) is 1.95. The van der Waals surface area contributed by atoms with Crippen LogP contribution in [0.25, 0.3) is 5.69 Å². The zero-order valence-corrected chi connectivity index (χ0v) is 21.4. The predicted octanol–water partition coefficient (Wildman–Crippen LogP) is 4.24. The highest BCUT2D eigenvalue weighted by molar-refractivity contribution is 5.95. The number of H-pyrrole nitrogens is 1. The molecule has 4 fully saturated rings. The lowest BCUT2D eigenvalue weighted by Crippen LogP contribution is -2.59. The molecule has 3 aromatic rings. The van der Waals surface area contributed by atoms with Crippen LogP contribution in [0.1, 0.15) is 66.9 Å². The Morgan fingerprint density at radius 1 is 1.05 bits per heavy atom. The lowest BCUT2D eigenvalue weighted by molar-refractivity contribution is -0.0167. The van der Waals surface area contributed by atoms with Crippen molar-refractivity contribution in [2.24, 2.45) is 22.7 Å². The van der Waals surface area contributed by atoms with Gasteiger partial charge in [0.05, 0.1) is 11.4 Å². The monoisotopic (exact) mass is 512 g/mol. The van der Waals surface area contributed by atoms with Gasteiger partial charge in [0, 0.05) is 17.3 Å². The summed E-state index contributed by atoms with van der Waals surface area (Å²) in [6.07, 6.45) is 9.13. The third kappa shape index (κ3) is 4.38. The van der Waals surface area contributed by atoms with Gasteiger partial charge in [0.15, 0.2) is 0 Å². The number of nitrogens with zero attached hydrogens (tertiary/aromatic N) is 2. The Kier molecular flexibility index (Phi) is 6.05. The zero-order valence-electron chi connectivity index (χ0n) is 21.4. The first-order valence-electron chi connectivity index (χ1n) is 13.5. The van der Waals surface area contributed by atoms with Crippen LogP contribution in [0.2, 0.25) is 0 Å². The molecule has 8 heteroatoms. The molecule has 0 unspecified atom stereocenters. The smallest absolute Gasteiger partial charge is 0.335 e. The Bertz CT molecular complexity index is 1500. The Morgan fingerprint density at radius 3 is 2.32 bits per heavy atom. The van der Waals surface area contributed by atoms with Crippen LogP contribution in [0.15, 0.2) is 63.1 Å². The first kappa shape index (κ1) is 24.4. The van der Waals surface area contributed by atoms with Crippen molar-refractivity contribution in [3.63, 3.8) is 0 Å². The van der Waals surface area contributed by atoms with Crippen LogP contribution in [-0.2, 0) is 6.42 Å². The molecule has 1 amide bonds. The van der Waals surface area contributed by atoms with E-state index >= 15 is 0 Å². The summed E-state index contributed by atoms with van der Waals surface area (Å²) in [5.41, 5.74) is 0.805. The minimum absolute atomic E-state index is 0.0549. The fourth-order valence-electron chi connectivity index (χ4n) is 7.32. The molecule has 4 aliphatic carbocycles. The summed E-state index contributed by atoms with van der Waals surface area (Å²) >= 11 is 0. The van der Waals surface area contributed by atoms with Crippen molar-refractivity contribution >= 4 is 17.8 Å². The second-order valence-electron chi connectivity index (χ2n) is 11.3. The van der Waals surface area contributed by atoms with Gasteiger partial charge in [-0.3, -0.25) is 19.6 Å². The van der Waals surface area contributed by atoms with Crippen molar-refractivity contribution in [1.29, 1.82) is 0 Å². The molecule has 38 heavy (non-hydrogen) atoms. The maximum Gasteiger partial charge on any atom is 0.335 e. The van der Waals surface area contributed by atoms with Gasteiger partial charge in [-0.15, -0.1) is 0 Å². The number of aromatic nitrogens is 2. The number of hydrogen-bond donors (Lipinski definition) is 3. The molecular formula is C30H32N4O4. The molecule has 0 aliphatic heterocycles. The summed E-state index contributed by atoms with van der Waals surface area (Å²) in [5.74, 6) is 1.72. The molecule has 1 aromatic heterocycles. The van der Waals surface area contributed by atoms with Crippen LogP contribution < -0.4 is 16.6 Å². The Labute approximate surface area is 220 Å². The fourth-order valence-corrected chi connectivity index (χ4v) is 7.32. The van der Waals surface area contributed by atoms with Crippen molar-refractivity contribution in [1.82, 2.24) is 14.9 Å². The number of rotatable bonds is 6. The highest BCUT2D eigenvalue weighted by Crippen LogP contribution is 2.55. The van der Waals surface area contributed by atoms with Crippen molar-refractivity contribution in [3.8, 4) is 11.6 Å². The van der Waals surface area contributed by atoms with Gasteiger partial charge in [-0.1, -0.05) is 25.1 Å². The molecular weight excluding hydrogens is 480 g/mol.